The summed E-state index contributed by atoms with van der Waals surface area (Å²) in [7, 11) is 0. The van der Waals surface area contributed by atoms with Crippen molar-refractivity contribution in [2.75, 3.05) is 0 Å². The Morgan fingerprint density at radius 2 is 1.94 bits per heavy atom. The Morgan fingerprint density at radius 3 is 2.53 bits per heavy atom. The summed E-state index contributed by atoms with van der Waals surface area (Å²) in [6, 6.07) is 8.91. The van der Waals surface area contributed by atoms with Crippen molar-refractivity contribution >= 4 is 11.6 Å². The van der Waals surface area contributed by atoms with E-state index in [0.717, 1.165) is 0 Å². The molecule has 0 aliphatic carbocycles. The number of nitriles is 1. The number of hydrogen-bond acceptors (Lipinski definition) is 4. The van der Waals surface area contributed by atoms with Crippen molar-refractivity contribution < 1.29 is 4.74 Å². The third kappa shape index (κ3) is 3.16. The molecule has 0 aliphatic heterocycles. The summed E-state index contributed by atoms with van der Waals surface area (Å²) < 4.78 is 5.48. The van der Waals surface area contributed by atoms with Gasteiger partial charge >= 0.3 is 0 Å². The van der Waals surface area contributed by atoms with Gasteiger partial charge in [0.25, 0.3) is 0 Å². The van der Waals surface area contributed by atoms with Gasteiger partial charge in [0, 0.05) is 0 Å². The highest BCUT2D eigenvalue weighted by molar-refractivity contribution is 6.29. The first kappa shape index (κ1) is 11.4. The molecule has 0 aliphatic rings. The summed E-state index contributed by atoms with van der Waals surface area (Å²) in [4.78, 5) is 7.95. The van der Waals surface area contributed by atoms with E-state index in [-0.39, 0.29) is 0 Å². The van der Waals surface area contributed by atoms with Crippen LogP contribution in [0.25, 0.3) is 0 Å². The van der Waals surface area contributed by atoms with Crippen molar-refractivity contribution in [1.29, 1.82) is 5.26 Å². The van der Waals surface area contributed by atoms with Crippen LogP contribution in [-0.2, 0) is 6.61 Å². The predicted molar refractivity (Wildman–Crippen MR) is 62.5 cm³/mol. The highest BCUT2D eigenvalue weighted by Gasteiger charge is 1.98. The van der Waals surface area contributed by atoms with Crippen LogP contribution in [0, 0.1) is 11.3 Å². The van der Waals surface area contributed by atoms with Crippen molar-refractivity contribution in [2.45, 2.75) is 6.61 Å². The lowest BCUT2D eigenvalue weighted by Crippen LogP contribution is -1.98. The van der Waals surface area contributed by atoms with E-state index < -0.39 is 0 Å². The zero-order valence-electron chi connectivity index (χ0n) is 8.80. The number of aromatic nitrogens is 2. The van der Waals surface area contributed by atoms with E-state index in [2.05, 4.69) is 9.97 Å². The Bertz CT molecular complexity index is 531. The van der Waals surface area contributed by atoms with Gasteiger partial charge in [0.2, 0.25) is 0 Å². The lowest BCUT2D eigenvalue weighted by Gasteiger charge is -2.04. The molecule has 0 radical (unpaired) electrons. The monoisotopic (exact) mass is 245 g/mol. The Kier molecular flexibility index (Phi) is 3.53. The van der Waals surface area contributed by atoms with Crippen LogP contribution in [-0.4, -0.2) is 9.97 Å². The van der Waals surface area contributed by atoms with E-state index in [1.165, 1.54) is 6.20 Å². The van der Waals surface area contributed by atoms with Gasteiger partial charge in [-0.05, 0) is 24.3 Å². The van der Waals surface area contributed by atoms with Crippen LogP contribution in [0.4, 0.5) is 0 Å². The van der Waals surface area contributed by atoms with Crippen molar-refractivity contribution in [3.63, 3.8) is 0 Å². The maximum atomic E-state index is 8.64. The fourth-order valence-electron chi connectivity index (χ4n) is 1.20. The number of nitrogens with zero attached hydrogens (tertiary/aromatic N) is 3. The fraction of sp³-hybridized carbons (Fsp3) is 0.0833. The van der Waals surface area contributed by atoms with Gasteiger partial charge in [0.1, 0.15) is 17.5 Å². The maximum Gasteiger partial charge on any atom is 0.147 e. The molecule has 4 nitrogen and oxygen atoms in total. The zero-order chi connectivity index (χ0) is 12.1. The largest absolute Gasteiger partial charge is 0.487 e. The van der Waals surface area contributed by atoms with Gasteiger partial charge in [-0.25, -0.2) is 4.98 Å². The lowest BCUT2D eigenvalue weighted by molar-refractivity contribution is 0.301. The second-order valence-electron chi connectivity index (χ2n) is 3.26. The molecule has 5 heteroatoms. The number of benzene rings is 1. The maximum absolute atomic E-state index is 8.64. The topological polar surface area (TPSA) is 58.8 Å². The summed E-state index contributed by atoms with van der Waals surface area (Å²) in [6.07, 6.45) is 3.03. The Balaban J connectivity index is 1.98. The zero-order valence-corrected chi connectivity index (χ0v) is 9.55. The average molecular weight is 246 g/mol. The molecule has 84 valence electrons. The molecule has 0 bridgehead atoms. The molecule has 0 fully saturated rings. The second-order valence-corrected chi connectivity index (χ2v) is 3.64. The van der Waals surface area contributed by atoms with E-state index in [1.54, 1.807) is 30.5 Å². The molecule has 0 unspecified atom stereocenters. The molecule has 0 saturated heterocycles. The summed E-state index contributed by atoms with van der Waals surface area (Å²) in [5, 5.41) is 8.99. The van der Waals surface area contributed by atoms with E-state index in [9.17, 15) is 0 Å². The molecule has 17 heavy (non-hydrogen) atoms. The average Bonchev–Trinajstić information content (AvgIpc) is 2.39. The van der Waals surface area contributed by atoms with Crippen LogP contribution in [0.2, 0.25) is 5.15 Å². The van der Waals surface area contributed by atoms with Crippen molar-refractivity contribution in [2.24, 2.45) is 0 Å². The molecular formula is C12H8ClN3O. The standard InChI is InChI=1S/C12H8ClN3O/c13-12-7-15-10(6-16-12)8-17-11-3-1-9(5-14)2-4-11/h1-4,6-7H,8H2. The first-order valence-electron chi connectivity index (χ1n) is 4.87. The SMILES string of the molecule is N#Cc1ccc(OCc2cnc(Cl)cn2)cc1. The van der Waals surface area contributed by atoms with E-state index >= 15 is 0 Å². The highest BCUT2D eigenvalue weighted by Crippen LogP contribution is 2.13. The molecule has 2 aromatic rings. The number of rotatable bonds is 3. The van der Waals surface area contributed by atoms with Crippen LogP contribution in [0.3, 0.4) is 0 Å². The van der Waals surface area contributed by atoms with Gasteiger partial charge in [-0.15, -0.1) is 0 Å². The van der Waals surface area contributed by atoms with Gasteiger partial charge in [0.15, 0.2) is 0 Å². The smallest absolute Gasteiger partial charge is 0.147 e. The van der Waals surface area contributed by atoms with Gasteiger partial charge in [-0.2, -0.15) is 5.26 Å². The third-order valence-electron chi connectivity index (χ3n) is 2.04. The van der Waals surface area contributed by atoms with Crippen molar-refractivity contribution in [3.05, 3.63) is 53.1 Å². The van der Waals surface area contributed by atoms with Crippen LogP contribution in [0.1, 0.15) is 11.3 Å². The van der Waals surface area contributed by atoms with E-state index in [1.807, 2.05) is 6.07 Å². The van der Waals surface area contributed by atoms with Crippen molar-refractivity contribution in [1.82, 2.24) is 9.97 Å². The summed E-state index contributed by atoms with van der Waals surface area (Å²) in [5.74, 6) is 0.681. The molecular weight excluding hydrogens is 238 g/mol. The first-order chi connectivity index (χ1) is 8.28. The molecule has 1 aromatic heterocycles. The summed E-state index contributed by atoms with van der Waals surface area (Å²) in [6.45, 7) is 0.316. The fourth-order valence-corrected chi connectivity index (χ4v) is 1.29. The molecule has 2 rings (SSSR count). The van der Waals surface area contributed by atoms with Crippen LogP contribution in [0.5, 0.6) is 5.75 Å². The summed E-state index contributed by atoms with van der Waals surface area (Å²) in [5.41, 5.74) is 1.29. The highest BCUT2D eigenvalue weighted by atomic mass is 35.5. The minimum absolute atomic E-state index is 0.316. The summed E-state index contributed by atoms with van der Waals surface area (Å²) >= 11 is 5.62. The number of hydrogen-bond donors (Lipinski definition) is 0. The first-order valence-corrected chi connectivity index (χ1v) is 5.25. The van der Waals surface area contributed by atoms with Gasteiger partial charge in [0.05, 0.1) is 29.7 Å². The third-order valence-corrected chi connectivity index (χ3v) is 2.24. The molecule has 0 saturated carbocycles. The van der Waals surface area contributed by atoms with Gasteiger partial charge in [-0.1, -0.05) is 11.6 Å². The van der Waals surface area contributed by atoms with Crippen LogP contribution >= 0.6 is 11.6 Å². The number of ether oxygens (including phenoxy) is 1. The minimum Gasteiger partial charge on any atom is -0.487 e. The van der Waals surface area contributed by atoms with Crippen molar-refractivity contribution in [3.8, 4) is 11.8 Å². The molecule has 0 spiro atoms. The van der Waals surface area contributed by atoms with Crippen LogP contribution < -0.4 is 4.74 Å². The second kappa shape index (κ2) is 5.28. The van der Waals surface area contributed by atoms with Gasteiger partial charge in [-0.3, -0.25) is 4.98 Å². The Labute approximate surface area is 103 Å². The van der Waals surface area contributed by atoms with Gasteiger partial charge < -0.3 is 4.74 Å². The molecule has 1 heterocycles. The molecule has 1 aromatic carbocycles. The van der Waals surface area contributed by atoms with Crippen LogP contribution in [0.15, 0.2) is 36.7 Å². The Hall–Kier alpha value is -2.12. The predicted octanol–water partition coefficient (Wildman–Crippen LogP) is 2.58. The molecule has 0 atom stereocenters. The number of halogens is 1. The van der Waals surface area contributed by atoms with E-state index in [0.29, 0.717) is 28.8 Å². The molecule has 0 amide bonds. The normalized spacial score (nSPS) is 9.65. The lowest BCUT2D eigenvalue weighted by atomic mass is 10.2. The Morgan fingerprint density at radius 1 is 1.18 bits per heavy atom. The van der Waals surface area contributed by atoms with E-state index in [4.69, 9.17) is 21.6 Å². The quantitative estimate of drug-likeness (QED) is 0.834. The molecule has 0 N–H and O–H groups in total. The minimum atomic E-state index is 0.316.